The van der Waals surface area contributed by atoms with Crippen molar-refractivity contribution in [2.45, 2.75) is 6.10 Å². The second-order valence-corrected chi connectivity index (χ2v) is 4.90. The number of ketones is 1. The number of carbonyl (C=O) groups excluding carboxylic acids is 2. The van der Waals surface area contributed by atoms with Crippen molar-refractivity contribution in [3.8, 4) is 11.5 Å². The van der Waals surface area contributed by atoms with Gasteiger partial charge in [0.15, 0.2) is 23.9 Å². The molecule has 1 atom stereocenters. The molecule has 3 rings (SSSR count). The van der Waals surface area contributed by atoms with Gasteiger partial charge in [0.1, 0.15) is 12.4 Å². The van der Waals surface area contributed by atoms with Crippen LogP contribution in [0.1, 0.15) is 10.4 Å². The molecule has 1 heterocycles. The first kappa shape index (κ1) is 15.0. The van der Waals surface area contributed by atoms with Gasteiger partial charge < -0.3 is 14.2 Å². The van der Waals surface area contributed by atoms with E-state index in [4.69, 9.17) is 14.2 Å². The third-order valence-electron chi connectivity index (χ3n) is 3.28. The van der Waals surface area contributed by atoms with Crippen LogP contribution >= 0.6 is 0 Å². The third-order valence-corrected chi connectivity index (χ3v) is 3.28. The van der Waals surface area contributed by atoms with E-state index in [-0.39, 0.29) is 12.2 Å². The van der Waals surface area contributed by atoms with Crippen LogP contribution in [-0.2, 0) is 9.53 Å². The van der Waals surface area contributed by atoms with Crippen molar-refractivity contribution in [3.05, 3.63) is 59.9 Å². The van der Waals surface area contributed by atoms with Crippen molar-refractivity contribution in [2.75, 3.05) is 13.2 Å². The highest BCUT2D eigenvalue weighted by molar-refractivity contribution is 5.98. The Kier molecular flexibility index (Phi) is 4.23. The topological polar surface area (TPSA) is 61.8 Å². The van der Waals surface area contributed by atoms with E-state index < -0.39 is 30.3 Å². The predicted octanol–water partition coefficient (Wildman–Crippen LogP) is 2.39. The van der Waals surface area contributed by atoms with Crippen LogP contribution in [0, 0.1) is 5.82 Å². The highest BCUT2D eigenvalue weighted by Gasteiger charge is 2.29. The molecule has 0 amide bonds. The van der Waals surface area contributed by atoms with E-state index in [0.29, 0.717) is 11.5 Å². The molecule has 1 aliphatic rings. The lowest BCUT2D eigenvalue weighted by Crippen LogP contribution is -2.38. The van der Waals surface area contributed by atoms with E-state index in [1.807, 2.05) is 0 Å². The summed E-state index contributed by atoms with van der Waals surface area (Å²) < 4.78 is 28.7. The lowest BCUT2D eigenvalue weighted by atomic mass is 10.1. The fraction of sp³-hybridized carbons (Fsp3) is 0.176. The molecule has 0 aliphatic carbocycles. The fourth-order valence-corrected chi connectivity index (χ4v) is 2.08. The van der Waals surface area contributed by atoms with Crippen LogP contribution in [-0.4, -0.2) is 31.1 Å². The van der Waals surface area contributed by atoms with Crippen LogP contribution in [0.2, 0.25) is 0 Å². The molecule has 2 aromatic rings. The second kappa shape index (κ2) is 6.48. The molecule has 5 nitrogen and oxygen atoms in total. The number of halogens is 1. The summed E-state index contributed by atoms with van der Waals surface area (Å²) in [4.78, 5) is 23.8. The van der Waals surface area contributed by atoms with Gasteiger partial charge in [-0.3, -0.25) is 4.79 Å². The van der Waals surface area contributed by atoms with Gasteiger partial charge in [-0.2, -0.15) is 0 Å². The van der Waals surface area contributed by atoms with E-state index >= 15 is 0 Å². The van der Waals surface area contributed by atoms with Gasteiger partial charge in [0, 0.05) is 5.56 Å². The molecule has 0 unspecified atom stereocenters. The largest absolute Gasteiger partial charge is 0.485 e. The zero-order valence-electron chi connectivity index (χ0n) is 12.0. The number of rotatable bonds is 4. The Labute approximate surface area is 131 Å². The highest BCUT2D eigenvalue weighted by Crippen LogP contribution is 2.31. The summed E-state index contributed by atoms with van der Waals surface area (Å²) in [6.45, 7) is -0.424. The Balaban J connectivity index is 1.56. The molecule has 1 aliphatic heterocycles. The number of fused-ring (bicyclic) bond motifs is 1. The van der Waals surface area contributed by atoms with Crippen LogP contribution in [0.4, 0.5) is 4.39 Å². The first-order valence-corrected chi connectivity index (χ1v) is 6.97. The number of ether oxygens (including phenoxy) is 3. The molecule has 0 bridgehead atoms. The van der Waals surface area contributed by atoms with E-state index in [9.17, 15) is 14.0 Å². The van der Waals surface area contributed by atoms with Crippen molar-refractivity contribution in [1.82, 2.24) is 0 Å². The first-order valence-electron chi connectivity index (χ1n) is 6.97. The zero-order chi connectivity index (χ0) is 16.2. The minimum absolute atomic E-state index is 0.0145. The fourth-order valence-electron chi connectivity index (χ4n) is 2.08. The van der Waals surface area contributed by atoms with Gasteiger partial charge >= 0.3 is 5.97 Å². The number of carbonyl (C=O) groups is 2. The minimum Gasteiger partial charge on any atom is -0.485 e. The van der Waals surface area contributed by atoms with Crippen molar-refractivity contribution in [3.63, 3.8) is 0 Å². The van der Waals surface area contributed by atoms with Gasteiger partial charge in [-0.15, -0.1) is 0 Å². The molecule has 0 N–H and O–H groups in total. The molecule has 0 aromatic heterocycles. The van der Waals surface area contributed by atoms with Gasteiger partial charge in [0.2, 0.25) is 6.10 Å². The van der Waals surface area contributed by atoms with Crippen molar-refractivity contribution < 1.29 is 28.2 Å². The summed E-state index contributed by atoms with van der Waals surface area (Å²) in [6, 6.07) is 12.0. The summed E-state index contributed by atoms with van der Waals surface area (Å²) in [5.74, 6) is -0.542. The second-order valence-electron chi connectivity index (χ2n) is 4.90. The van der Waals surface area contributed by atoms with Gasteiger partial charge in [-0.25, -0.2) is 9.18 Å². The van der Waals surface area contributed by atoms with Crippen LogP contribution in [0.3, 0.4) is 0 Å². The summed E-state index contributed by atoms with van der Waals surface area (Å²) in [5.41, 5.74) is 0.269. The van der Waals surface area contributed by atoms with E-state index in [2.05, 4.69) is 0 Å². The number of benzene rings is 2. The van der Waals surface area contributed by atoms with E-state index in [1.165, 1.54) is 24.3 Å². The SMILES string of the molecule is O=C(COC(=O)[C@@H]1COc2ccccc2O1)c1ccc(F)cc1. The van der Waals surface area contributed by atoms with Crippen molar-refractivity contribution in [1.29, 1.82) is 0 Å². The van der Waals surface area contributed by atoms with E-state index in [0.717, 1.165) is 0 Å². The lowest BCUT2D eigenvalue weighted by Gasteiger charge is -2.24. The molecule has 0 saturated heterocycles. The Hall–Kier alpha value is -2.89. The molecule has 0 saturated carbocycles. The molecular weight excluding hydrogens is 303 g/mol. The van der Waals surface area contributed by atoms with Crippen molar-refractivity contribution >= 4 is 11.8 Å². The summed E-state index contributed by atoms with van der Waals surface area (Å²) in [5, 5.41) is 0. The van der Waals surface area contributed by atoms with Gasteiger partial charge in [-0.1, -0.05) is 12.1 Å². The molecule has 0 radical (unpaired) electrons. The third kappa shape index (κ3) is 3.48. The number of esters is 1. The number of hydrogen-bond donors (Lipinski definition) is 0. The normalized spacial score (nSPS) is 15.8. The average Bonchev–Trinajstić information content (AvgIpc) is 2.59. The summed E-state index contributed by atoms with van der Waals surface area (Å²) in [7, 11) is 0. The van der Waals surface area contributed by atoms with Crippen LogP contribution in [0.15, 0.2) is 48.5 Å². The molecule has 0 spiro atoms. The zero-order valence-corrected chi connectivity index (χ0v) is 12.0. The van der Waals surface area contributed by atoms with Crippen LogP contribution < -0.4 is 9.47 Å². The smallest absolute Gasteiger partial charge is 0.351 e. The Morgan fingerprint density at radius 3 is 2.52 bits per heavy atom. The maximum Gasteiger partial charge on any atom is 0.351 e. The molecule has 118 valence electrons. The summed E-state index contributed by atoms with van der Waals surface area (Å²) >= 11 is 0. The quantitative estimate of drug-likeness (QED) is 0.640. The molecule has 23 heavy (non-hydrogen) atoms. The molecule has 6 heteroatoms. The standard InChI is InChI=1S/C17H13FO5/c18-12-7-5-11(6-8-12)13(19)9-22-17(20)16-10-21-14-3-1-2-4-15(14)23-16/h1-8,16H,9-10H2/t16-/m0/s1. The highest BCUT2D eigenvalue weighted by atomic mass is 19.1. The van der Waals surface area contributed by atoms with Crippen LogP contribution in [0.5, 0.6) is 11.5 Å². The van der Waals surface area contributed by atoms with Crippen LogP contribution in [0.25, 0.3) is 0 Å². The maximum atomic E-state index is 12.8. The van der Waals surface area contributed by atoms with Gasteiger partial charge in [0.05, 0.1) is 0 Å². The van der Waals surface area contributed by atoms with Gasteiger partial charge in [0.25, 0.3) is 0 Å². The number of para-hydroxylation sites is 2. The average molecular weight is 316 g/mol. The predicted molar refractivity (Wildman–Crippen MR) is 78.0 cm³/mol. The monoisotopic (exact) mass is 316 g/mol. The Morgan fingerprint density at radius 2 is 1.78 bits per heavy atom. The minimum atomic E-state index is -0.925. The van der Waals surface area contributed by atoms with E-state index in [1.54, 1.807) is 24.3 Å². The lowest BCUT2D eigenvalue weighted by molar-refractivity contribution is -0.153. The van der Waals surface area contributed by atoms with Gasteiger partial charge in [-0.05, 0) is 36.4 Å². The number of Topliss-reactive ketones (excluding diaryl/α,β-unsaturated/α-hetero) is 1. The molecule has 2 aromatic carbocycles. The molecule has 0 fully saturated rings. The molecular formula is C17H13FO5. The Bertz CT molecular complexity index is 726. The maximum absolute atomic E-state index is 12.8. The number of hydrogen-bond acceptors (Lipinski definition) is 5. The first-order chi connectivity index (χ1) is 11.1. The summed E-state index contributed by atoms with van der Waals surface area (Å²) in [6.07, 6.45) is -0.925. The Morgan fingerprint density at radius 1 is 1.09 bits per heavy atom. The van der Waals surface area contributed by atoms with Crippen molar-refractivity contribution in [2.24, 2.45) is 0 Å².